The molecule has 0 aromatic heterocycles. The molecule has 0 bridgehead atoms. The number of carbonyl (C=O) groups is 2. The van der Waals surface area contributed by atoms with Crippen LogP contribution in [0.5, 0.6) is 0 Å². The normalized spacial score (nSPS) is 23.5. The molecule has 3 fully saturated rings. The van der Waals surface area contributed by atoms with Gasteiger partial charge < -0.3 is 9.80 Å². The molecular formula is C20H25ClFN3O4S. The van der Waals surface area contributed by atoms with Gasteiger partial charge in [0.1, 0.15) is 5.82 Å². The lowest BCUT2D eigenvalue weighted by molar-refractivity contribution is -0.142. The minimum Gasteiger partial charge on any atom is -0.342 e. The van der Waals surface area contributed by atoms with Gasteiger partial charge in [-0.1, -0.05) is 11.6 Å². The predicted octanol–water partition coefficient (Wildman–Crippen LogP) is 1.96. The number of hydrogen-bond acceptors (Lipinski definition) is 4. The Morgan fingerprint density at radius 1 is 0.933 bits per heavy atom. The molecule has 1 aliphatic carbocycles. The lowest BCUT2D eigenvalue weighted by Gasteiger charge is -2.38. The molecule has 0 N–H and O–H groups in total. The van der Waals surface area contributed by atoms with E-state index < -0.39 is 15.8 Å². The lowest BCUT2D eigenvalue weighted by atomic mass is 9.96. The van der Waals surface area contributed by atoms with Crippen LogP contribution < -0.4 is 0 Å². The van der Waals surface area contributed by atoms with Crippen LogP contribution in [-0.4, -0.2) is 73.6 Å². The summed E-state index contributed by atoms with van der Waals surface area (Å²) < 4.78 is 40.3. The van der Waals surface area contributed by atoms with Crippen molar-refractivity contribution in [1.82, 2.24) is 14.1 Å². The fourth-order valence-electron chi connectivity index (χ4n) is 4.16. The number of sulfonamides is 1. The van der Waals surface area contributed by atoms with Crippen LogP contribution in [0.3, 0.4) is 0 Å². The maximum Gasteiger partial charge on any atom is 0.243 e. The van der Waals surface area contributed by atoms with Gasteiger partial charge in [-0.2, -0.15) is 4.31 Å². The average Bonchev–Trinajstić information content (AvgIpc) is 3.60. The molecule has 0 spiro atoms. The third kappa shape index (κ3) is 4.33. The van der Waals surface area contributed by atoms with Gasteiger partial charge in [0.15, 0.2) is 0 Å². The highest BCUT2D eigenvalue weighted by Crippen LogP contribution is 2.33. The first-order valence-electron chi connectivity index (χ1n) is 10.3. The molecule has 2 aliphatic heterocycles. The van der Waals surface area contributed by atoms with Crippen LogP contribution in [-0.2, 0) is 19.6 Å². The second kappa shape index (κ2) is 8.43. The summed E-state index contributed by atoms with van der Waals surface area (Å²) in [5.41, 5.74) is 0. The highest BCUT2D eigenvalue weighted by molar-refractivity contribution is 7.89. The molecule has 1 saturated carbocycles. The molecular weight excluding hydrogens is 433 g/mol. The number of nitrogens with zero attached hydrogens (tertiary/aromatic N) is 3. The molecule has 30 heavy (non-hydrogen) atoms. The quantitative estimate of drug-likeness (QED) is 0.692. The number of likely N-dealkylation sites (tertiary alicyclic amines) is 1. The monoisotopic (exact) mass is 457 g/mol. The van der Waals surface area contributed by atoms with E-state index in [0.29, 0.717) is 26.2 Å². The highest BCUT2D eigenvalue weighted by atomic mass is 35.5. The summed E-state index contributed by atoms with van der Waals surface area (Å²) in [7, 11) is -3.81. The highest BCUT2D eigenvalue weighted by Gasteiger charge is 2.38. The van der Waals surface area contributed by atoms with E-state index in [9.17, 15) is 22.4 Å². The van der Waals surface area contributed by atoms with Gasteiger partial charge in [0, 0.05) is 45.2 Å². The molecule has 4 rings (SSSR count). The Balaban J connectivity index is 1.36. The molecule has 7 nitrogen and oxygen atoms in total. The van der Waals surface area contributed by atoms with E-state index in [2.05, 4.69) is 0 Å². The number of piperidine rings is 1. The van der Waals surface area contributed by atoms with Crippen LogP contribution >= 0.6 is 11.6 Å². The Bertz CT molecular complexity index is 945. The number of hydrogen-bond donors (Lipinski definition) is 0. The summed E-state index contributed by atoms with van der Waals surface area (Å²) in [6.45, 7) is 2.09. The smallest absolute Gasteiger partial charge is 0.243 e. The molecule has 0 radical (unpaired) electrons. The summed E-state index contributed by atoms with van der Waals surface area (Å²) in [5.74, 6) is -0.590. The summed E-state index contributed by atoms with van der Waals surface area (Å²) >= 11 is 5.73. The molecule has 1 atom stereocenters. The third-order valence-electron chi connectivity index (χ3n) is 6.09. The van der Waals surface area contributed by atoms with E-state index >= 15 is 0 Å². The Hall–Kier alpha value is -1.71. The molecule has 1 aromatic rings. The van der Waals surface area contributed by atoms with Crippen LogP contribution in [0.25, 0.3) is 0 Å². The van der Waals surface area contributed by atoms with Gasteiger partial charge in [0.2, 0.25) is 21.8 Å². The maximum absolute atomic E-state index is 13.4. The SMILES string of the molecule is O=C(C1CCCN(C(=O)C2CC2)C1)N1CCN(S(=O)(=O)c2ccc(F)c(Cl)c2)CC1. The summed E-state index contributed by atoms with van der Waals surface area (Å²) in [5, 5.41) is -0.243. The van der Waals surface area contributed by atoms with Crippen molar-refractivity contribution in [2.24, 2.45) is 11.8 Å². The molecule has 3 aliphatic rings. The van der Waals surface area contributed by atoms with Crippen molar-refractivity contribution in [3.05, 3.63) is 29.0 Å². The number of carbonyl (C=O) groups excluding carboxylic acids is 2. The summed E-state index contributed by atoms with van der Waals surface area (Å²) in [6.07, 6.45) is 3.46. The van der Waals surface area contributed by atoms with Gasteiger partial charge in [-0.05, 0) is 43.9 Å². The van der Waals surface area contributed by atoms with E-state index in [0.717, 1.165) is 37.8 Å². The van der Waals surface area contributed by atoms with Crippen molar-refractivity contribution in [2.75, 3.05) is 39.3 Å². The van der Waals surface area contributed by atoms with Crippen LogP contribution in [0.4, 0.5) is 4.39 Å². The van der Waals surface area contributed by atoms with Crippen molar-refractivity contribution < 1.29 is 22.4 Å². The van der Waals surface area contributed by atoms with Crippen molar-refractivity contribution in [3.63, 3.8) is 0 Å². The van der Waals surface area contributed by atoms with Crippen molar-refractivity contribution in [1.29, 1.82) is 0 Å². The van der Waals surface area contributed by atoms with Gasteiger partial charge in [-0.25, -0.2) is 12.8 Å². The summed E-state index contributed by atoms with van der Waals surface area (Å²) in [6, 6.07) is 3.34. The topological polar surface area (TPSA) is 78.0 Å². The minimum atomic E-state index is -3.81. The molecule has 10 heteroatoms. The summed E-state index contributed by atoms with van der Waals surface area (Å²) in [4.78, 5) is 28.8. The zero-order valence-corrected chi connectivity index (χ0v) is 18.2. The van der Waals surface area contributed by atoms with Crippen molar-refractivity contribution in [3.8, 4) is 0 Å². The predicted molar refractivity (Wildman–Crippen MR) is 109 cm³/mol. The van der Waals surface area contributed by atoms with Crippen LogP contribution in [0.1, 0.15) is 25.7 Å². The Kier molecular flexibility index (Phi) is 6.05. The van der Waals surface area contributed by atoms with E-state index in [4.69, 9.17) is 11.6 Å². The van der Waals surface area contributed by atoms with E-state index in [1.165, 1.54) is 10.4 Å². The zero-order chi connectivity index (χ0) is 21.5. The van der Waals surface area contributed by atoms with Gasteiger partial charge in [0.25, 0.3) is 0 Å². The van der Waals surface area contributed by atoms with E-state index in [-0.39, 0.29) is 46.7 Å². The lowest BCUT2D eigenvalue weighted by Crippen LogP contribution is -2.54. The second-order valence-corrected chi connectivity index (χ2v) is 10.5. The second-order valence-electron chi connectivity index (χ2n) is 8.20. The number of amides is 2. The van der Waals surface area contributed by atoms with Crippen LogP contribution in [0.2, 0.25) is 5.02 Å². The fourth-order valence-corrected chi connectivity index (χ4v) is 5.85. The molecule has 2 saturated heterocycles. The first kappa shape index (κ1) is 21.5. The van der Waals surface area contributed by atoms with Crippen molar-refractivity contribution in [2.45, 2.75) is 30.6 Å². The van der Waals surface area contributed by atoms with Crippen molar-refractivity contribution >= 4 is 33.4 Å². The molecule has 1 aromatic carbocycles. The Morgan fingerprint density at radius 2 is 1.60 bits per heavy atom. The first-order chi connectivity index (χ1) is 14.3. The van der Waals surface area contributed by atoms with Crippen LogP contribution in [0.15, 0.2) is 23.1 Å². The molecule has 164 valence electrons. The Labute approximate surface area is 180 Å². The van der Waals surface area contributed by atoms with E-state index in [1.807, 2.05) is 4.90 Å². The van der Waals surface area contributed by atoms with Crippen LogP contribution in [0, 0.1) is 17.7 Å². The number of halogens is 2. The minimum absolute atomic E-state index is 0.00910. The number of benzene rings is 1. The van der Waals surface area contributed by atoms with E-state index in [1.54, 1.807) is 4.90 Å². The number of rotatable bonds is 4. The van der Waals surface area contributed by atoms with Gasteiger partial charge in [-0.15, -0.1) is 0 Å². The third-order valence-corrected chi connectivity index (χ3v) is 8.27. The van der Waals surface area contributed by atoms with Gasteiger partial charge in [0.05, 0.1) is 15.8 Å². The zero-order valence-electron chi connectivity index (χ0n) is 16.6. The molecule has 2 amide bonds. The van der Waals surface area contributed by atoms with Gasteiger partial charge in [-0.3, -0.25) is 9.59 Å². The molecule has 1 unspecified atom stereocenters. The fraction of sp³-hybridized carbons (Fsp3) is 0.600. The standard InChI is InChI=1S/C20H25ClFN3O4S/c21-17-12-16(5-6-18(17)22)30(28,29)25-10-8-23(9-11-25)20(27)15-2-1-7-24(13-15)19(26)14-3-4-14/h5-6,12,14-15H,1-4,7-11,13H2. The largest absolute Gasteiger partial charge is 0.342 e. The average molecular weight is 458 g/mol. The first-order valence-corrected chi connectivity index (χ1v) is 12.1. The number of piperazine rings is 1. The van der Waals surface area contributed by atoms with Gasteiger partial charge >= 0.3 is 0 Å². The Morgan fingerprint density at radius 3 is 2.23 bits per heavy atom. The maximum atomic E-state index is 13.4. The molecule has 2 heterocycles.